The fourth-order valence-electron chi connectivity index (χ4n) is 1.63. The Bertz CT molecular complexity index is 421. The topological polar surface area (TPSA) is 0 Å². The summed E-state index contributed by atoms with van der Waals surface area (Å²) in [6.45, 7) is 0. The lowest BCUT2D eigenvalue weighted by molar-refractivity contribution is -0.388. The first-order chi connectivity index (χ1) is 11.4. The van der Waals surface area contributed by atoms with Gasteiger partial charge in [0.05, 0.1) is 0 Å². The third-order valence-electron chi connectivity index (χ3n) is 3.33. The molecule has 26 heavy (non-hydrogen) atoms. The van der Waals surface area contributed by atoms with E-state index in [1.165, 1.54) is 0 Å². The Morgan fingerprint density at radius 3 is 1.15 bits per heavy atom. The summed E-state index contributed by atoms with van der Waals surface area (Å²) in [5.41, 5.74) is 0. The van der Waals surface area contributed by atoms with E-state index in [0.717, 1.165) is 0 Å². The monoisotopic (exact) mass is 454 g/mol. The average Bonchev–Trinajstić information content (AvgIpc) is 2.53. The van der Waals surface area contributed by atoms with Gasteiger partial charge in [-0.25, -0.2) is 22.0 Å². The van der Waals surface area contributed by atoms with E-state index in [4.69, 9.17) is 0 Å². The number of hydrogen-bond donors (Lipinski definition) is 2. The third kappa shape index (κ3) is 4.12. The number of thiol groups is 2. The molecule has 0 aliphatic carbocycles. The molecule has 0 saturated heterocycles. The van der Waals surface area contributed by atoms with Crippen LogP contribution in [0.15, 0.2) is 0 Å². The first-order valence-electron chi connectivity index (χ1n) is 6.38. The van der Waals surface area contributed by atoms with E-state index < -0.39 is 66.1 Å². The minimum Gasteiger partial charge on any atom is -0.240 e. The summed E-state index contributed by atoms with van der Waals surface area (Å²) in [7, 11) is 0. The van der Waals surface area contributed by atoms with Crippen LogP contribution in [0.25, 0.3) is 0 Å². The second-order valence-electron chi connectivity index (χ2n) is 5.10. The van der Waals surface area contributed by atoms with Crippen molar-refractivity contribution in [3.63, 3.8) is 0 Å². The van der Waals surface area contributed by atoms with Crippen molar-refractivity contribution in [3.8, 4) is 0 Å². The quantitative estimate of drug-likeness (QED) is 0.326. The van der Waals surface area contributed by atoms with Crippen molar-refractivity contribution in [1.29, 1.82) is 0 Å². The van der Waals surface area contributed by atoms with Gasteiger partial charge >= 0.3 is 23.7 Å². The van der Waals surface area contributed by atoms with E-state index in [9.17, 15) is 57.1 Å². The number of halogens is 13. The summed E-state index contributed by atoms with van der Waals surface area (Å²) in [6, 6.07) is 0. The smallest absolute Gasteiger partial charge is 0.240 e. The SMILES string of the molecule is FC(F)C(F)C(F)C(F)(F)C(F)(F)C(F)(F)C(F)(F)C(F)C(CS)CS. The van der Waals surface area contributed by atoms with E-state index in [-0.39, 0.29) is 0 Å². The molecule has 0 nitrogen and oxygen atoms in total. The molecular weight excluding hydrogens is 443 g/mol. The summed E-state index contributed by atoms with van der Waals surface area (Å²) in [6.07, 6.45) is -18.8. The van der Waals surface area contributed by atoms with Crippen LogP contribution in [0.2, 0.25) is 0 Å². The van der Waals surface area contributed by atoms with Gasteiger partial charge < -0.3 is 0 Å². The Balaban J connectivity index is 6.06. The number of alkyl halides is 13. The van der Waals surface area contributed by atoms with Gasteiger partial charge in [0.25, 0.3) is 6.43 Å². The summed E-state index contributed by atoms with van der Waals surface area (Å²) >= 11 is 6.56. The first kappa shape index (κ1) is 25.8. The molecule has 0 aliphatic heterocycles. The lowest BCUT2D eigenvalue weighted by atomic mass is 9.88. The van der Waals surface area contributed by atoms with E-state index in [0.29, 0.717) is 0 Å². The second-order valence-corrected chi connectivity index (χ2v) is 5.83. The molecule has 0 aromatic heterocycles. The molecule has 3 atom stereocenters. The van der Waals surface area contributed by atoms with Gasteiger partial charge in [0.15, 0.2) is 12.3 Å². The highest BCUT2D eigenvalue weighted by atomic mass is 32.1. The molecule has 0 heterocycles. The van der Waals surface area contributed by atoms with Crippen molar-refractivity contribution in [2.24, 2.45) is 5.92 Å². The van der Waals surface area contributed by atoms with E-state index in [1.807, 2.05) is 0 Å². The summed E-state index contributed by atoms with van der Waals surface area (Å²) < 4.78 is 170. The molecule has 0 amide bonds. The van der Waals surface area contributed by atoms with Crippen molar-refractivity contribution in [2.45, 2.75) is 48.6 Å². The maximum absolute atomic E-state index is 13.6. The maximum atomic E-state index is 13.6. The zero-order valence-electron chi connectivity index (χ0n) is 12.1. The van der Waals surface area contributed by atoms with Crippen LogP contribution < -0.4 is 0 Å². The van der Waals surface area contributed by atoms with Gasteiger partial charge in [-0.15, -0.1) is 0 Å². The van der Waals surface area contributed by atoms with Gasteiger partial charge in [0, 0.05) is 5.92 Å². The molecule has 0 spiro atoms. The fraction of sp³-hybridized carbons (Fsp3) is 1.00. The van der Waals surface area contributed by atoms with Crippen LogP contribution in [0.1, 0.15) is 0 Å². The maximum Gasteiger partial charge on any atom is 0.381 e. The van der Waals surface area contributed by atoms with Gasteiger partial charge in [-0.05, 0) is 11.5 Å². The van der Waals surface area contributed by atoms with Crippen LogP contribution in [0.3, 0.4) is 0 Å². The molecular formula is C11H11F13S2. The van der Waals surface area contributed by atoms with Gasteiger partial charge in [0.1, 0.15) is 0 Å². The van der Waals surface area contributed by atoms with E-state index >= 15 is 0 Å². The van der Waals surface area contributed by atoms with Gasteiger partial charge in [-0.2, -0.15) is 60.4 Å². The minimum absolute atomic E-state index is 0.942. The average molecular weight is 454 g/mol. The van der Waals surface area contributed by atoms with Crippen molar-refractivity contribution < 1.29 is 57.1 Å². The van der Waals surface area contributed by atoms with Crippen molar-refractivity contribution in [2.75, 3.05) is 11.5 Å². The van der Waals surface area contributed by atoms with Gasteiger partial charge in [0.2, 0.25) is 6.17 Å². The molecule has 3 unspecified atom stereocenters. The molecule has 0 radical (unpaired) electrons. The molecule has 0 aromatic rings. The predicted molar refractivity (Wildman–Crippen MR) is 71.7 cm³/mol. The molecule has 0 N–H and O–H groups in total. The van der Waals surface area contributed by atoms with Gasteiger partial charge in [-0.1, -0.05) is 0 Å². The largest absolute Gasteiger partial charge is 0.381 e. The predicted octanol–water partition coefficient (Wildman–Crippen LogP) is 5.28. The standard InChI is InChI=1S/C11H11F13S2/c12-4(7(15)16)6(14)9(19,20)11(23,24)10(21,22)8(17,18)5(13)3(1-25)2-26/h3-7,25-26H,1-2H2. The molecule has 0 aliphatic rings. The lowest BCUT2D eigenvalue weighted by Gasteiger charge is -2.40. The molecule has 0 bridgehead atoms. The van der Waals surface area contributed by atoms with Crippen LogP contribution in [0, 0.1) is 5.92 Å². The first-order valence-corrected chi connectivity index (χ1v) is 7.64. The third-order valence-corrected chi connectivity index (χ3v) is 4.27. The molecule has 15 heteroatoms. The molecule has 0 fully saturated rings. The Kier molecular flexibility index (Phi) is 8.36. The van der Waals surface area contributed by atoms with Crippen LogP contribution in [-0.4, -0.2) is 60.1 Å². The highest BCUT2D eigenvalue weighted by Crippen LogP contribution is 2.56. The summed E-state index contributed by atoms with van der Waals surface area (Å²) in [5.74, 6) is -32.4. The lowest BCUT2D eigenvalue weighted by Crippen LogP contribution is -2.68. The van der Waals surface area contributed by atoms with Crippen LogP contribution >= 0.6 is 25.3 Å². The van der Waals surface area contributed by atoms with Crippen LogP contribution in [-0.2, 0) is 0 Å². The summed E-state index contributed by atoms with van der Waals surface area (Å²) in [4.78, 5) is 0. The molecule has 0 aromatic carbocycles. The molecule has 158 valence electrons. The number of hydrogen-bond acceptors (Lipinski definition) is 2. The Morgan fingerprint density at radius 1 is 0.577 bits per heavy atom. The van der Waals surface area contributed by atoms with Gasteiger partial charge in [-0.3, -0.25) is 0 Å². The van der Waals surface area contributed by atoms with Crippen molar-refractivity contribution in [3.05, 3.63) is 0 Å². The highest BCUT2D eigenvalue weighted by Gasteiger charge is 2.84. The zero-order chi connectivity index (χ0) is 21.3. The second kappa shape index (κ2) is 8.43. The Labute approximate surface area is 149 Å². The highest BCUT2D eigenvalue weighted by molar-refractivity contribution is 7.81. The van der Waals surface area contributed by atoms with E-state index in [1.54, 1.807) is 0 Å². The number of rotatable bonds is 10. The van der Waals surface area contributed by atoms with Crippen molar-refractivity contribution in [1.82, 2.24) is 0 Å². The summed E-state index contributed by atoms with van der Waals surface area (Å²) in [5, 5.41) is 0. The van der Waals surface area contributed by atoms with Crippen LogP contribution in [0.4, 0.5) is 57.1 Å². The van der Waals surface area contributed by atoms with Crippen LogP contribution in [0.5, 0.6) is 0 Å². The molecule has 0 saturated carbocycles. The normalized spacial score (nSPS) is 18.3. The van der Waals surface area contributed by atoms with E-state index in [2.05, 4.69) is 25.3 Å². The minimum atomic E-state index is -7.43. The Hall–Kier alpha value is -0.210. The van der Waals surface area contributed by atoms with Crippen molar-refractivity contribution >= 4 is 25.3 Å². The molecule has 0 rings (SSSR count). The Morgan fingerprint density at radius 2 is 0.885 bits per heavy atom. The zero-order valence-corrected chi connectivity index (χ0v) is 13.9. The fourth-order valence-corrected chi connectivity index (χ4v) is 2.46.